The van der Waals surface area contributed by atoms with E-state index in [1.807, 2.05) is 0 Å². The van der Waals surface area contributed by atoms with Crippen molar-refractivity contribution in [2.24, 2.45) is 16.2 Å². The second kappa shape index (κ2) is 5.11. The second-order valence-corrected chi connectivity index (χ2v) is 8.72. The molecule has 0 aromatic heterocycles. The maximum absolute atomic E-state index is 2.55. The third-order valence-electron chi connectivity index (χ3n) is 6.49. The Labute approximate surface area is 136 Å². The van der Waals surface area contributed by atoms with Crippen LogP contribution in [0.3, 0.4) is 0 Å². The zero-order valence-electron chi connectivity index (χ0n) is 14.9. The van der Waals surface area contributed by atoms with Crippen molar-refractivity contribution in [2.75, 3.05) is 0 Å². The van der Waals surface area contributed by atoms with Crippen molar-refractivity contribution in [1.29, 1.82) is 0 Å². The summed E-state index contributed by atoms with van der Waals surface area (Å²) >= 11 is 0. The van der Waals surface area contributed by atoms with Crippen molar-refractivity contribution in [2.45, 2.75) is 60.3 Å². The van der Waals surface area contributed by atoms with E-state index < -0.39 is 0 Å². The van der Waals surface area contributed by atoms with Gasteiger partial charge in [0.25, 0.3) is 0 Å². The first-order valence-electron chi connectivity index (χ1n) is 8.65. The van der Waals surface area contributed by atoms with Crippen molar-refractivity contribution in [3.8, 4) is 0 Å². The normalized spacial score (nSPS) is 38.0. The molecule has 2 aliphatic carbocycles. The molecule has 0 nitrogen and oxygen atoms in total. The smallest absolute Gasteiger partial charge is 0.00521 e. The van der Waals surface area contributed by atoms with Gasteiger partial charge in [0.1, 0.15) is 0 Å². The Hall–Kier alpha value is -1.30. The molecule has 118 valence electrons. The van der Waals surface area contributed by atoms with Crippen molar-refractivity contribution >= 4 is 0 Å². The first-order chi connectivity index (χ1) is 10.3. The van der Waals surface area contributed by atoms with Gasteiger partial charge in [0.2, 0.25) is 0 Å². The molecule has 0 N–H and O–H groups in total. The van der Waals surface area contributed by atoms with Crippen LogP contribution in [0, 0.1) is 16.2 Å². The maximum atomic E-state index is 2.55. The fourth-order valence-electron chi connectivity index (χ4n) is 4.90. The molecule has 3 atom stereocenters. The fourth-order valence-corrected chi connectivity index (χ4v) is 4.90. The monoisotopic (exact) mass is 294 g/mol. The van der Waals surface area contributed by atoms with E-state index in [1.54, 1.807) is 11.1 Å². The van der Waals surface area contributed by atoms with Crippen LogP contribution in [0.2, 0.25) is 0 Å². The Kier molecular flexibility index (Phi) is 3.62. The molecule has 0 saturated heterocycles. The summed E-state index contributed by atoms with van der Waals surface area (Å²) in [6.07, 6.45) is 9.99. The van der Waals surface area contributed by atoms with Crippen molar-refractivity contribution in [3.63, 3.8) is 0 Å². The Morgan fingerprint density at radius 2 is 1.50 bits per heavy atom. The molecule has 1 aromatic carbocycles. The predicted molar refractivity (Wildman–Crippen MR) is 95.8 cm³/mol. The van der Waals surface area contributed by atoms with E-state index in [4.69, 9.17) is 0 Å². The summed E-state index contributed by atoms with van der Waals surface area (Å²) < 4.78 is 0. The zero-order valence-corrected chi connectivity index (χ0v) is 14.9. The molecule has 2 aliphatic rings. The van der Waals surface area contributed by atoms with Gasteiger partial charge in [-0.1, -0.05) is 74.4 Å². The minimum absolute atomic E-state index is 0.279. The van der Waals surface area contributed by atoms with E-state index >= 15 is 0 Å². The van der Waals surface area contributed by atoms with Gasteiger partial charge in [0.15, 0.2) is 0 Å². The molecule has 0 fully saturated rings. The predicted octanol–water partition coefficient (Wildman–Crippen LogP) is 6.34. The largest absolute Gasteiger partial charge is 0.0817 e. The van der Waals surface area contributed by atoms with E-state index in [2.05, 4.69) is 77.1 Å². The van der Waals surface area contributed by atoms with Crippen LogP contribution in [-0.4, -0.2) is 0 Å². The molecule has 0 aliphatic heterocycles. The molecule has 0 bridgehead atoms. The lowest BCUT2D eigenvalue weighted by Crippen LogP contribution is -2.46. The molecule has 0 heteroatoms. The topological polar surface area (TPSA) is 0 Å². The summed E-state index contributed by atoms with van der Waals surface area (Å²) in [5.74, 6) is 0. The van der Waals surface area contributed by atoms with Crippen LogP contribution >= 0.6 is 0 Å². The summed E-state index contributed by atoms with van der Waals surface area (Å²) in [6.45, 7) is 12.1. The molecule has 0 amide bonds. The highest BCUT2D eigenvalue weighted by molar-refractivity contribution is 5.30. The van der Waals surface area contributed by atoms with Crippen molar-refractivity contribution < 1.29 is 0 Å². The molecule has 0 spiro atoms. The van der Waals surface area contributed by atoms with Gasteiger partial charge in [-0.15, -0.1) is 0 Å². The van der Waals surface area contributed by atoms with Crippen LogP contribution < -0.4 is 0 Å². The third-order valence-corrected chi connectivity index (χ3v) is 6.49. The SMILES string of the molecule is CC1=C(C)C[C@@]2(C)C=C[C@@](C)(Cc3ccccc3)C[C@@]2(C)C1. The van der Waals surface area contributed by atoms with Gasteiger partial charge in [-0.25, -0.2) is 0 Å². The molecular formula is C22H30. The first kappa shape index (κ1) is 15.6. The lowest BCUT2D eigenvalue weighted by molar-refractivity contribution is 0.0403. The van der Waals surface area contributed by atoms with Crippen LogP contribution in [0.25, 0.3) is 0 Å². The van der Waals surface area contributed by atoms with Crippen LogP contribution in [0.4, 0.5) is 0 Å². The summed E-state index contributed by atoms with van der Waals surface area (Å²) in [6, 6.07) is 11.0. The average molecular weight is 294 g/mol. The van der Waals surface area contributed by atoms with Gasteiger partial charge in [-0.2, -0.15) is 0 Å². The first-order valence-corrected chi connectivity index (χ1v) is 8.65. The Balaban J connectivity index is 1.91. The number of fused-ring (bicyclic) bond motifs is 1. The molecule has 0 unspecified atom stereocenters. The Morgan fingerprint density at radius 1 is 0.864 bits per heavy atom. The molecule has 3 rings (SSSR count). The second-order valence-electron chi connectivity index (χ2n) is 8.72. The van der Waals surface area contributed by atoms with Crippen molar-refractivity contribution in [1.82, 2.24) is 0 Å². The highest BCUT2D eigenvalue weighted by Crippen LogP contribution is 2.61. The zero-order chi connectivity index (χ0) is 16.0. The molecule has 1 aromatic rings. The summed E-state index contributed by atoms with van der Waals surface area (Å²) in [5, 5.41) is 0. The van der Waals surface area contributed by atoms with Gasteiger partial charge in [-0.05, 0) is 61.3 Å². The highest BCUT2D eigenvalue weighted by Gasteiger charge is 2.51. The standard InChI is InChI=1S/C22H30/c1-17-13-21(4)12-11-20(3,15-19-9-7-6-8-10-19)16-22(21,5)14-18(17)2/h6-12H,13-16H2,1-5H3/t20-,21+,22+/m0/s1. The summed E-state index contributed by atoms with van der Waals surface area (Å²) in [5.41, 5.74) is 5.68. The fraction of sp³-hybridized carbons (Fsp3) is 0.545. The molecule has 22 heavy (non-hydrogen) atoms. The number of hydrogen-bond donors (Lipinski definition) is 0. The minimum Gasteiger partial charge on any atom is -0.0817 e. The highest BCUT2D eigenvalue weighted by atomic mass is 14.5. The third kappa shape index (κ3) is 2.57. The summed E-state index contributed by atoms with van der Waals surface area (Å²) in [7, 11) is 0. The number of hydrogen-bond acceptors (Lipinski definition) is 0. The minimum atomic E-state index is 0.279. The lowest BCUT2D eigenvalue weighted by atomic mass is 9.49. The van der Waals surface area contributed by atoms with E-state index in [9.17, 15) is 0 Å². The van der Waals surface area contributed by atoms with E-state index in [-0.39, 0.29) is 5.41 Å². The van der Waals surface area contributed by atoms with E-state index in [0.29, 0.717) is 10.8 Å². The van der Waals surface area contributed by atoms with Gasteiger partial charge in [0, 0.05) is 0 Å². The van der Waals surface area contributed by atoms with Gasteiger partial charge in [0.05, 0.1) is 0 Å². The summed E-state index contributed by atoms with van der Waals surface area (Å²) in [4.78, 5) is 0. The average Bonchev–Trinajstić information content (AvgIpc) is 2.43. The van der Waals surface area contributed by atoms with Gasteiger partial charge >= 0.3 is 0 Å². The van der Waals surface area contributed by atoms with E-state index in [1.165, 1.54) is 24.8 Å². The molecule has 0 radical (unpaired) electrons. The molecule has 0 saturated carbocycles. The van der Waals surface area contributed by atoms with Crippen LogP contribution in [0.15, 0.2) is 53.6 Å². The Morgan fingerprint density at radius 3 is 2.18 bits per heavy atom. The maximum Gasteiger partial charge on any atom is -0.00521 e. The Bertz CT molecular complexity index is 621. The van der Waals surface area contributed by atoms with E-state index in [0.717, 1.165) is 6.42 Å². The van der Waals surface area contributed by atoms with Crippen LogP contribution in [0.1, 0.15) is 59.4 Å². The number of benzene rings is 1. The molecular weight excluding hydrogens is 264 g/mol. The quantitative estimate of drug-likeness (QED) is 0.558. The van der Waals surface area contributed by atoms with Crippen LogP contribution in [0.5, 0.6) is 0 Å². The van der Waals surface area contributed by atoms with Crippen molar-refractivity contribution in [3.05, 3.63) is 59.2 Å². The lowest BCUT2D eigenvalue weighted by Gasteiger charge is -2.55. The van der Waals surface area contributed by atoms with Gasteiger partial charge < -0.3 is 0 Å². The number of allylic oxidation sites excluding steroid dienone is 4. The van der Waals surface area contributed by atoms with Gasteiger partial charge in [-0.3, -0.25) is 0 Å². The molecule has 0 heterocycles. The number of rotatable bonds is 2. The van der Waals surface area contributed by atoms with Crippen LogP contribution in [-0.2, 0) is 6.42 Å².